The van der Waals surface area contributed by atoms with Crippen LogP contribution in [0.4, 0.5) is 24.7 Å². The number of nitrogens with zero attached hydrogens (tertiary/aromatic N) is 3. The predicted molar refractivity (Wildman–Crippen MR) is 108 cm³/mol. The lowest BCUT2D eigenvalue weighted by Gasteiger charge is -2.24. The first kappa shape index (κ1) is 21.2. The minimum absolute atomic E-state index is 0.0646. The van der Waals surface area contributed by atoms with E-state index in [0.717, 1.165) is 31.0 Å². The molecule has 1 atom stereocenters. The van der Waals surface area contributed by atoms with Crippen LogP contribution in [-0.4, -0.2) is 51.5 Å². The number of hydrogen-bond donors (Lipinski definition) is 1. The van der Waals surface area contributed by atoms with E-state index in [1.807, 2.05) is 18.8 Å². The third-order valence-electron chi connectivity index (χ3n) is 5.78. The Labute approximate surface area is 177 Å². The minimum atomic E-state index is -4.73. The zero-order valence-corrected chi connectivity index (χ0v) is 17.9. The second-order valence-corrected chi connectivity index (χ2v) is 10.0. The molecule has 30 heavy (non-hydrogen) atoms. The summed E-state index contributed by atoms with van der Waals surface area (Å²) in [4.78, 5) is 6.00. The van der Waals surface area contributed by atoms with Crippen molar-refractivity contribution in [1.29, 1.82) is 0 Å². The molecule has 2 heterocycles. The topological polar surface area (TPSA) is 65.5 Å². The molecule has 1 aromatic carbocycles. The Balaban J connectivity index is 1.68. The molecule has 2 aromatic rings. The van der Waals surface area contributed by atoms with Crippen molar-refractivity contribution in [1.82, 2.24) is 9.88 Å². The number of halogens is 4. The average molecular weight is 461 g/mol. The van der Waals surface area contributed by atoms with Gasteiger partial charge in [-0.1, -0.05) is 17.7 Å². The molecule has 6 nitrogen and oxygen atoms in total. The summed E-state index contributed by atoms with van der Waals surface area (Å²) >= 11 is 6.16. The summed E-state index contributed by atoms with van der Waals surface area (Å²) in [5, 5.41) is -0.473. The van der Waals surface area contributed by atoms with Gasteiger partial charge in [0.25, 0.3) is 10.0 Å². The van der Waals surface area contributed by atoms with Crippen molar-refractivity contribution >= 4 is 33.1 Å². The Hall–Kier alpha value is -2.04. The maximum Gasteiger partial charge on any atom is 0.268 e. The molecule has 2 fully saturated rings. The van der Waals surface area contributed by atoms with Gasteiger partial charge in [-0.25, -0.2) is 22.2 Å². The fourth-order valence-corrected chi connectivity index (χ4v) is 5.66. The van der Waals surface area contributed by atoms with Crippen LogP contribution in [-0.2, 0) is 10.0 Å². The van der Waals surface area contributed by atoms with Crippen LogP contribution in [0.2, 0.25) is 5.02 Å². The molecule has 0 bridgehead atoms. The SMILES string of the molecule is CN(C)C1CN(c2cc(F)c(S(=O)(=O)Nc3cccc(F)n3)c(F)c2Cl)CC12CC2. The summed E-state index contributed by atoms with van der Waals surface area (Å²) in [5.41, 5.74) is 0.180. The number of hydrogen-bond acceptors (Lipinski definition) is 5. The molecule has 1 aliphatic carbocycles. The highest BCUT2D eigenvalue weighted by molar-refractivity contribution is 7.92. The number of likely N-dealkylation sites (N-methyl/N-ethyl adjacent to an activating group) is 1. The second-order valence-electron chi connectivity index (χ2n) is 8.01. The normalized spacial score (nSPS) is 20.2. The number of pyridine rings is 1. The van der Waals surface area contributed by atoms with Gasteiger partial charge in [0.05, 0.1) is 5.69 Å². The summed E-state index contributed by atoms with van der Waals surface area (Å²) in [6, 6.07) is 4.53. The van der Waals surface area contributed by atoms with Crippen LogP contribution < -0.4 is 9.62 Å². The molecule has 0 radical (unpaired) electrons. The van der Waals surface area contributed by atoms with Gasteiger partial charge >= 0.3 is 0 Å². The van der Waals surface area contributed by atoms with Crippen molar-refractivity contribution in [2.75, 3.05) is 36.8 Å². The lowest BCUT2D eigenvalue weighted by Crippen LogP contribution is -2.36. The fraction of sp³-hybridized carbons (Fsp3) is 0.421. The van der Waals surface area contributed by atoms with Crippen LogP contribution in [0.3, 0.4) is 0 Å². The van der Waals surface area contributed by atoms with Crippen LogP contribution in [0.25, 0.3) is 0 Å². The number of anilines is 2. The van der Waals surface area contributed by atoms with Gasteiger partial charge in [-0.2, -0.15) is 4.39 Å². The van der Waals surface area contributed by atoms with E-state index in [2.05, 4.69) is 9.88 Å². The Morgan fingerprint density at radius 2 is 1.97 bits per heavy atom. The first-order valence-electron chi connectivity index (χ1n) is 9.28. The summed E-state index contributed by atoms with van der Waals surface area (Å²) < 4.78 is 70.1. The number of benzene rings is 1. The number of aromatic nitrogens is 1. The fourth-order valence-electron chi connectivity index (χ4n) is 4.20. The van der Waals surface area contributed by atoms with Crippen LogP contribution in [0, 0.1) is 23.0 Å². The van der Waals surface area contributed by atoms with Crippen molar-refractivity contribution < 1.29 is 21.6 Å². The summed E-state index contributed by atoms with van der Waals surface area (Å²) in [6.45, 7) is 1.12. The molecule has 1 spiro atoms. The van der Waals surface area contributed by atoms with Crippen molar-refractivity contribution in [3.8, 4) is 0 Å². The monoisotopic (exact) mass is 460 g/mol. The van der Waals surface area contributed by atoms with Crippen LogP contribution in [0.15, 0.2) is 29.2 Å². The second kappa shape index (κ2) is 7.28. The van der Waals surface area contributed by atoms with Crippen molar-refractivity contribution in [3.05, 3.63) is 46.9 Å². The third-order valence-corrected chi connectivity index (χ3v) is 7.53. The summed E-state index contributed by atoms with van der Waals surface area (Å²) in [5.74, 6) is -4.02. The lowest BCUT2D eigenvalue weighted by atomic mass is 10.0. The summed E-state index contributed by atoms with van der Waals surface area (Å²) in [7, 11) is -0.815. The van der Waals surface area contributed by atoms with E-state index in [-0.39, 0.29) is 17.1 Å². The van der Waals surface area contributed by atoms with E-state index in [9.17, 15) is 21.6 Å². The molecule has 162 valence electrons. The Morgan fingerprint density at radius 3 is 2.53 bits per heavy atom. The zero-order chi connectivity index (χ0) is 21.8. The molecule has 0 amide bonds. The van der Waals surface area contributed by atoms with Crippen LogP contribution in [0.1, 0.15) is 12.8 Å². The van der Waals surface area contributed by atoms with E-state index < -0.39 is 43.3 Å². The van der Waals surface area contributed by atoms with Crippen molar-refractivity contribution in [2.45, 2.75) is 23.8 Å². The highest BCUT2D eigenvalue weighted by Crippen LogP contribution is 2.55. The third kappa shape index (κ3) is 3.61. The Morgan fingerprint density at radius 1 is 1.27 bits per heavy atom. The lowest BCUT2D eigenvalue weighted by molar-refractivity contribution is 0.241. The molecule has 1 saturated carbocycles. The molecular weight excluding hydrogens is 441 g/mol. The minimum Gasteiger partial charge on any atom is -0.368 e. The molecule has 1 aliphatic heterocycles. The number of sulfonamides is 1. The van der Waals surface area contributed by atoms with Crippen LogP contribution in [0.5, 0.6) is 0 Å². The standard InChI is InChI=1S/C19H20ClF3N4O2S/c1-26(2)13-9-27(10-19(13)6-7-19)12-8-11(21)18(17(23)16(12)20)30(28,29)25-15-5-3-4-14(22)24-15/h3-5,8,13H,6-7,9-10H2,1-2H3,(H,24,25). The first-order valence-corrected chi connectivity index (χ1v) is 11.1. The van der Waals surface area contributed by atoms with Gasteiger partial charge in [0.2, 0.25) is 5.95 Å². The van der Waals surface area contributed by atoms with Gasteiger partial charge in [0.1, 0.15) is 16.7 Å². The van der Waals surface area contributed by atoms with Gasteiger partial charge in [-0.3, -0.25) is 4.72 Å². The van der Waals surface area contributed by atoms with Gasteiger partial charge < -0.3 is 9.80 Å². The maximum atomic E-state index is 15.0. The van der Waals surface area contributed by atoms with Crippen molar-refractivity contribution in [2.24, 2.45) is 5.41 Å². The molecule has 4 rings (SSSR count). The Kier molecular flexibility index (Phi) is 5.14. The Bertz CT molecular complexity index is 1110. The average Bonchev–Trinajstić information content (AvgIpc) is 3.29. The number of rotatable bonds is 5. The molecular formula is C19H20ClF3N4O2S. The molecule has 11 heteroatoms. The van der Waals surface area contributed by atoms with Gasteiger partial charge in [-0.15, -0.1) is 0 Å². The van der Waals surface area contributed by atoms with Crippen LogP contribution >= 0.6 is 11.6 Å². The molecule has 1 N–H and O–H groups in total. The van der Waals surface area contributed by atoms with Gasteiger partial charge in [0.15, 0.2) is 10.7 Å². The molecule has 1 saturated heterocycles. The molecule has 1 unspecified atom stereocenters. The smallest absolute Gasteiger partial charge is 0.268 e. The quantitative estimate of drug-likeness (QED) is 0.546. The largest absolute Gasteiger partial charge is 0.368 e. The number of nitrogens with one attached hydrogen (secondary N) is 1. The van der Waals surface area contributed by atoms with E-state index in [4.69, 9.17) is 11.6 Å². The van der Waals surface area contributed by atoms with Gasteiger partial charge in [-0.05, 0) is 39.1 Å². The van der Waals surface area contributed by atoms with Crippen molar-refractivity contribution in [3.63, 3.8) is 0 Å². The highest BCUT2D eigenvalue weighted by Gasteiger charge is 2.56. The predicted octanol–water partition coefficient (Wildman–Crippen LogP) is 3.48. The van der Waals surface area contributed by atoms with E-state index >= 15 is 0 Å². The zero-order valence-electron chi connectivity index (χ0n) is 16.3. The van der Waals surface area contributed by atoms with Gasteiger partial charge in [0, 0.05) is 30.6 Å². The van der Waals surface area contributed by atoms with E-state index in [1.54, 1.807) is 4.90 Å². The first-order chi connectivity index (χ1) is 14.0. The molecule has 2 aliphatic rings. The van der Waals surface area contributed by atoms with E-state index in [0.29, 0.717) is 13.1 Å². The molecule has 1 aromatic heterocycles. The highest BCUT2D eigenvalue weighted by atomic mass is 35.5. The summed E-state index contributed by atoms with van der Waals surface area (Å²) in [6.07, 6.45) is 2.04. The van der Waals surface area contributed by atoms with E-state index in [1.165, 1.54) is 6.07 Å². The maximum absolute atomic E-state index is 15.0.